The zero-order chi connectivity index (χ0) is 13.8. The second-order valence-corrected chi connectivity index (χ2v) is 5.62. The molecule has 1 N–H and O–H groups in total. The minimum absolute atomic E-state index is 0.0557. The molecule has 0 radical (unpaired) electrons. The highest BCUT2D eigenvalue weighted by atomic mass is 79.9. The van der Waals surface area contributed by atoms with E-state index in [4.69, 9.17) is 11.6 Å². The standard InChI is InChI=1S/C15H14BrClFN/c1-10(13-7-6-12(18)8-15(13)17)19-9-11-4-2-3-5-14(11)16/h2-8,10,19H,9H2,1H3. The molecular weight excluding hydrogens is 329 g/mol. The molecule has 0 aliphatic carbocycles. The van der Waals surface area contributed by atoms with Crippen LogP contribution in [-0.2, 0) is 6.54 Å². The summed E-state index contributed by atoms with van der Waals surface area (Å²) in [6.45, 7) is 2.73. The average molecular weight is 343 g/mol. The smallest absolute Gasteiger partial charge is 0.124 e. The Morgan fingerprint density at radius 2 is 2.00 bits per heavy atom. The molecule has 0 heterocycles. The quantitative estimate of drug-likeness (QED) is 0.816. The molecule has 0 amide bonds. The van der Waals surface area contributed by atoms with E-state index in [1.165, 1.54) is 17.7 Å². The van der Waals surface area contributed by atoms with Crippen LogP contribution in [0.15, 0.2) is 46.9 Å². The molecule has 0 fully saturated rings. The molecule has 0 aromatic heterocycles. The third-order valence-corrected chi connectivity index (χ3v) is 4.09. The van der Waals surface area contributed by atoms with Crippen molar-refractivity contribution in [1.29, 1.82) is 0 Å². The van der Waals surface area contributed by atoms with Gasteiger partial charge in [0.15, 0.2) is 0 Å². The number of rotatable bonds is 4. The van der Waals surface area contributed by atoms with E-state index >= 15 is 0 Å². The summed E-state index contributed by atoms with van der Waals surface area (Å²) in [6.07, 6.45) is 0. The first-order valence-electron chi connectivity index (χ1n) is 5.99. The lowest BCUT2D eigenvalue weighted by Crippen LogP contribution is -2.18. The van der Waals surface area contributed by atoms with E-state index in [1.54, 1.807) is 6.07 Å². The summed E-state index contributed by atoms with van der Waals surface area (Å²) in [5.74, 6) is -0.313. The van der Waals surface area contributed by atoms with Crippen molar-refractivity contribution < 1.29 is 4.39 Å². The number of hydrogen-bond acceptors (Lipinski definition) is 1. The number of nitrogens with one attached hydrogen (secondary N) is 1. The Kier molecular flexibility index (Phi) is 4.97. The van der Waals surface area contributed by atoms with Gasteiger partial charge in [-0.15, -0.1) is 0 Å². The molecule has 1 unspecified atom stereocenters. The third-order valence-electron chi connectivity index (χ3n) is 2.99. The summed E-state index contributed by atoms with van der Waals surface area (Å²) < 4.78 is 14.1. The molecule has 2 rings (SSSR count). The summed E-state index contributed by atoms with van der Waals surface area (Å²) in [5, 5.41) is 3.83. The number of benzene rings is 2. The minimum atomic E-state index is -0.313. The van der Waals surface area contributed by atoms with Crippen molar-refractivity contribution in [1.82, 2.24) is 5.32 Å². The summed E-state index contributed by atoms with van der Waals surface area (Å²) in [5.41, 5.74) is 2.07. The fraction of sp³-hybridized carbons (Fsp3) is 0.200. The Balaban J connectivity index is 2.05. The maximum absolute atomic E-state index is 13.0. The van der Waals surface area contributed by atoms with Crippen molar-refractivity contribution in [2.24, 2.45) is 0 Å². The zero-order valence-electron chi connectivity index (χ0n) is 10.5. The van der Waals surface area contributed by atoms with Crippen LogP contribution in [0.4, 0.5) is 4.39 Å². The Bertz CT molecular complexity index is 574. The van der Waals surface area contributed by atoms with Crippen molar-refractivity contribution in [2.45, 2.75) is 19.5 Å². The predicted molar refractivity (Wildman–Crippen MR) is 80.8 cm³/mol. The lowest BCUT2D eigenvalue weighted by molar-refractivity contribution is 0.570. The van der Waals surface area contributed by atoms with Gasteiger partial charge < -0.3 is 5.32 Å². The summed E-state index contributed by atoms with van der Waals surface area (Å²) in [6, 6.07) is 12.6. The zero-order valence-corrected chi connectivity index (χ0v) is 12.8. The summed E-state index contributed by atoms with van der Waals surface area (Å²) >= 11 is 9.56. The van der Waals surface area contributed by atoms with Crippen LogP contribution in [-0.4, -0.2) is 0 Å². The summed E-state index contributed by atoms with van der Waals surface area (Å²) in [7, 11) is 0. The van der Waals surface area contributed by atoms with Gasteiger partial charge in [0, 0.05) is 22.1 Å². The van der Waals surface area contributed by atoms with Crippen LogP contribution in [0.1, 0.15) is 24.1 Å². The van der Waals surface area contributed by atoms with Gasteiger partial charge in [0.2, 0.25) is 0 Å². The molecule has 19 heavy (non-hydrogen) atoms. The van der Waals surface area contributed by atoms with Crippen LogP contribution < -0.4 is 5.32 Å². The SMILES string of the molecule is CC(NCc1ccccc1Br)c1ccc(F)cc1Cl. The van der Waals surface area contributed by atoms with Gasteiger partial charge in [-0.25, -0.2) is 4.39 Å². The first kappa shape index (κ1) is 14.5. The Hall–Kier alpha value is -0.900. The molecule has 0 saturated heterocycles. The fourth-order valence-corrected chi connectivity index (χ4v) is 2.62. The van der Waals surface area contributed by atoms with Crippen molar-refractivity contribution in [3.63, 3.8) is 0 Å². The Morgan fingerprint density at radius 3 is 2.68 bits per heavy atom. The number of hydrogen-bond donors (Lipinski definition) is 1. The largest absolute Gasteiger partial charge is 0.306 e. The average Bonchev–Trinajstić information content (AvgIpc) is 2.37. The molecule has 0 spiro atoms. The normalized spacial score (nSPS) is 12.4. The maximum atomic E-state index is 13.0. The highest BCUT2D eigenvalue weighted by Crippen LogP contribution is 2.24. The second-order valence-electron chi connectivity index (χ2n) is 4.36. The Morgan fingerprint density at radius 1 is 1.26 bits per heavy atom. The monoisotopic (exact) mass is 341 g/mol. The highest BCUT2D eigenvalue weighted by Gasteiger charge is 2.10. The van der Waals surface area contributed by atoms with Gasteiger partial charge >= 0.3 is 0 Å². The lowest BCUT2D eigenvalue weighted by atomic mass is 10.1. The fourth-order valence-electron chi connectivity index (χ4n) is 1.87. The first-order valence-corrected chi connectivity index (χ1v) is 7.17. The first-order chi connectivity index (χ1) is 9.08. The molecule has 1 atom stereocenters. The van der Waals surface area contributed by atoms with E-state index in [2.05, 4.69) is 27.3 Å². The minimum Gasteiger partial charge on any atom is -0.306 e. The van der Waals surface area contributed by atoms with Crippen molar-refractivity contribution >= 4 is 27.5 Å². The van der Waals surface area contributed by atoms with Gasteiger partial charge in [-0.05, 0) is 36.2 Å². The lowest BCUT2D eigenvalue weighted by Gasteiger charge is -2.16. The Labute approximate surface area is 125 Å². The van der Waals surface area contributed by atoms with Crippen molar-refractivity contribution in [3.8, 4) is 0 Å². The molecule has 0 saturated carbocycles. The van der Waals surface area contributed by atoms with E-state index < -0.39 is 0 Å². The van der Waals surface area contributed by atoms with Gasteiger partial charge in [-0.3, -0.25) is 0 Å². The van der Waals surface area contributed by atoms with Gasteiger partial charge in [0.1, 0.15) is 5.82 Å². The predicted octanol–water partition coefficient (Wildman–Crippen LogP) is 5.09. The number of halogens is 3. The highest BCUT2D eigenvalue weighted by molar-refractivity contribution is 9.10. The van der Waals surface area contributed by atoms with E-state index in [1.807, 2.05) is 25.1 Å². The molecular formula is C15H14BrClFN. The van der Waals surface area contributed by atoms with Gasteiger partial charge in [0.25, 0.3) is 0 Å². The van der Waals surface area contributed by atoms with Crippen LogP contribution in [0.2, 0.25) is 5.02 Å². The summed E-state index contributed by atoms with van der Waals surface area (Å²) in [4.78, 5) is 0. The van der Waals surface area contributed by atoms with Crippen LogP contribution in [0.5, 0.6) is 0 Å². The van der Waals surface area contributed by atoms with Crippen molar-refractivity contribution in [2.75, 3.05) is 0 Å². The van der Waals surface area contributed by atoms with E-state index in [0.29, 0.717) is 5.02 Å². The van der Waals surface area contributed by atoms with E-state index in [0.717, 1.165) is 16.6 Å². The van der Waals surface area contributed by atoms with Crippen LogP contribution >= 0.6 is 27.5 Å². The van der Waals surface area contributed by atoms with Crippen molar-refractivity contribution in [3.05, 3.63) is 68.9 Å². The molecule has 1 nitrogen and oxygen atoms in total. The van der Waals surface area contributed by atoms with Crippen LogP contribution in [0.3, 0.4) is 0 Å². The van der Waals surface area contributed by atoms with E-state index in [9.17, 15) is 4.39 Å². The molecule has 0 aliphatic heterocycles. The molecule has 2 aromatic rings. The second kappa shape index (κ2) is 6.51. The topological polar surface area (TPSA) is 12.0 Å². The third kappa shape index (κ3) is 3.78. The van der Waals surface area contributed by atoms with Crippen LogP contribution in [0.25, 0.3) is 0 Å². The van der Waals surface area contributed by atoms with Gasteiger partial charge in [-0.1, -0.05) is 51.8 Å². The molecule has 0 bridgehead atoms. The van der Waals surface area contributed by atoms with Crippen LogP contribution in [0, 0.1) is 5.82 Å². The van der Waals surface area contributed by atoms with E-state index in [-0.39, 0.29) is 11.9 Å². The van der Waals surface area contributed by atoms with Gasteiger partial charge in [0.05, 0.1) is 0 Å². The van der Waals surface area contributed by atoms with Gasteiger partial charge in [-0.2, -0.15) is 0 Å². The molecule has 2 aromatic carbocycles. The molecule has 100 valence electrons. The molecule has 0 aliphatic rings. The maximum Gasteiger partial charge on any atom is 0.124 e. The molecule has 4 heteroatoms.